The fourth-order valence-electron chi connectivity index (χ4n) is 3.58. The lowest BCUT2D eigenvalue weighted by atomic mass is 10.1. The van der Waals surface area contributed by atoms with Gasteiger partial charge in [0.1, 0.15) is 5.69 Å². The molecule has 0 saturated carbocycles. The number of rotatable bonds is 6. The zero-order chi connectivity index (χ0) is 23.0. The van der Waals surface area contributed by atoms with Crippen molar-refractivity contribution in [2.45, 2.75) is 46.6 Å². The quantitative estimate of drug-likeness (QED) is 0.455. The number of aryl methyl sites for hydroxylation is 2. The molecule has 0 radical (unpaired) electrons. The standard InChI is InChI=1S/C23H24ClN5O2S/c1-5-13(2)25-20(30)11-18-12-32-23-26-15(4)21(22(31)28(18)23)19-9-14(3)29(27-19)17-8-6-7-16(24)10-17/h6-10,12-13H,5,11H2,1-4H3,(H,25,30). The topological polar surface area (TPSA) is 81.3 Å². The Bertz CT molecular complexity index is 1370. The monoisotopic (exact) mass is 469 g/mol. The van der Waals surface area contributed by atoms with Crippen molar-refractivity contribution in [3.05, 3.63) is 68.2 Å². The summed E-state index contributed by atoms with van der Waals surface area (Å²) in [6.45, 7) is 7.70. The highest BCUT2D eigenvalue weighted by Gasteiger charge is 2.20. The van der Waals surface area contributed by atoms with Gasteiger partial charge < -0.3 is 5.32 Å². The highest BCUT2D eigenvalue weighted by molar-refractivity contribution is 7.15. The van der Waals surface area contributed by atoms with E-state index in [0.29, 0.717) is 32.6 Å². The van der Waals surface area contributed by atoms with E-state index in [9.17, 15) is 9.59 Å². The summed E-state index contributed by atoms with van der Waals surface area (Å²) in [5.41, 5.74) is 3.63. The Kier molecular flexibility index (Phi) is 6.17. The minimum absolute atomic E-state index is 0.0819. The molecule has 7 nitrogen and oxygen atoms in total. The van der Waals surface area contributed by atoms with Crippen LogP contribution in [0.5, 0.6) is 0 Å². The summed E-state index contributed by atoms with van der Waals surface area (Å²) >= 11 is 7.49. The molecule has 0 aliphatic rings. The van der Waals surface area contributed by atoms with Crippen LogP contribution in [-0.4, -0.2) is 31.1 Å². The van der Waals surface area contributed by atoms with E-state index in [1.54, 1.807) is 17.7 Å². The van der Waals surface area contributed by atoms with Crippen molar-refractivity contribution in [3.8, 4) is 16.9 Å². The summed E-state index contributed by atoms with van der Waals surface area (Å²) in [5, 5.41) is 10.0. The molecule has 0 saturated heterocycles. The number of amides is 1. The summed E-state index contributed by atoms with van der Waals surface area (Å²) in [6, 6.07) is 9.32. The predicted octanol–water partition coefficient (Wildman–Crippen LogP) is 4.34. The van der Waals surface area contributed by atoms with Gasteiger partial charge in [-0.3, -0.25) is 14.0 Å². The van der Waals surface area contributed by atoms with Gasteiger partial charge in [0.25, 0.3) is 5.56 Å². The van der Waals surface area contributed by atoms with E-state index in [0.717, 1.165) is 17.8 Å². The summed E-state index contributed by atoms with van der Waals surface area (Å²) in [4.78, 5) is 31.1. The maximum atomic E-state index is 13.5. The van der Waals surface area contributed by atoms with E-state index in [-0.39, 0.29) is 23.9 Å². The molecular weight excluding hydrogens is 446 g/mol. The van der Waals surface area contributed by atoms with Crippen LogP contribution in [0.1, 0.15) is 37.4 Å². The Morgan fingerprint density at radius 1 is 1.28 bits per heavy atom. The minimum atomic E-state index is -0.226. The molecule has 4 aromatic rings. The van der Waals surface area contributed by atoms with Gasteiger partial charge in [-0.25, -0.2) is 9.67 Å². The lowest BCUT2D eigenvalue weighted by Crippen LogP contribution is -2.34. The lowest BCUT2D eigenvalue weighted by Gasteiger charge is -2.11. The van der Waals surface area contributed by atoms with Crippen LogP contribution in [0.15, 0.2) is 40.5 Å². The number of nitrogens with one attached hydrogen (secondary N) is 1. The molecule has 32 heavy (non-hydrogen) atoms. The highest BCUT2D eigenvalue weighted by Crippen LogP contribution is 2.24. The Labute approximate surface area is 194 Å². The first-order valence-electron chi connectivity index (χ1n) is 10.4. The number of carbonyl (C=O) groups excluding carboxylic acids is 1. The molecule has 4 rings (SSSR count). The molecule has 0 bridgehead atoms. The van der Waals surface area contributed by atoms with E-state index >= 15 is 0 Å². The van der Waals surface area contributed by atoms with Gasteiger partial charge in [0, 0.05) is 27.8 Å². The number of thiazole rings is 1. The molecule has 1 unspecified atom stereocenters. The number of nitrogens with zero attached hydrogens (tertiary/aromatic N) is 4. The Morgan fingerprint density at radius 3 is 2.78 bits per heavy atom. The maximum Gasteiger partial charge on any atom is 0.268 e. The minimum Gasteiger partial charge on any atom is -0.353 e. The van der Waals surface area contributed by atoms with Crippen LogP contribution in [0.4, 0.5) is 0 Å². The number of aromatic nitrogens is 4. The molecule has 0 fully saturated rings. The largest absolute Gasteiger partial charge is 0.353 e. The fraction of sp³-hybridized carbons (Fsp3) is 0.304. The molecule has 1 amide bonds. The van der Waals surface area contributed by atoms with Crippen molar-refractivity contribution in [1.29, 1.82) is 0 Å². The normalized spacial score (nSPS) is 12.3. The SMILES string of the molecule is CCC(C)NC(=O)Cc1csc2nc(C)c(-c3cc(C)n(-c4cccc(Cl)c4)n3)c(=O)n12. The zero-order valence-corrected chi connectivity index (χ0v) is 19.9. The molecule has 0 aliphatic carbocycles. The summed E-state index contributed by atoms with van der Waals surface area (Å²) in [7, 11) is 0. The molecule has 1 N–H and O–H groups in total. The molecule has 166 valence electrons. The number of hydrogen-bond donors (Lipinski definition) is 1. The van der Waals surface area contributed by atoms with Crippen LogP contribution in [0, 0.1) is 13.8 Å². The van der Waals surface area contributed by atoms with Crippen LogP contribution in [0.25, 0.3) is 21.9 Å². The van der Waals surface area contributed by atoms with Crippen molar-refractivity contribution in [2.75, 3.05) is 0 Å². The predicted molar refractivity (Wildman–Crippen MR) is 128 cm³/mol. The van der Waals surface area contributed by atoms with Crippen molar-refractivity contribution in [2.24, 2.45) is 0 Å². The lowest BCUT2D eigenvalue weighted by molar-refractivity contribution is -0.121. The van der Waals surface area contributed by atoms with E-state index in [1.807, 2.05) is 50.4 Å². The second-order valence-corrected chi connectivity index (χ2v) is 9.11. The van der Waals surface area contributed by atoms with Gasteiger partial charge in [0.15, 0.2) is 4.96 Å². The van der Waals surface area contributed by atoms with Crippen LogP contribution < -0.4 is 10.9 Å². The molecule has 9 heteroatoms. The molecule has 1 atom stereocenters. The third-order valence-electron chi connectivity index (χ3n) is 5.38. The highest BCUT2D eigenvalue weighted by atomic mass is 35.5. The van der Waals surface area contributed by atoms with Gasteiger partial charge in [0.2, 0.25) is 5.91 Å². The van der Waals surface area contributed by atoms with E-state index in [2.05, 4.69) is 15.4 Å². The van der Waals surface area contributed by atoms with Gasteiger partial charge in [-0.15, -0.1) is 11.3 Å². The molecule has 0 spiro atoms. The smallest absolute Gasteiger partial charge is 0.268 e. The first-order chi connectivity index (χ1) is 15.3. The number of fused-ring (bicyclic) bond motifs is 1. The molecule has 3 aromatic heterocycles. The van der Waals surface area contributed by atoms with Crippen LogP contribution >= 0.6 is 22.9 Å². The summed E-state index contributed by atoms with van der Waals surface area (Å²) in [5.74, 6) is -0.117. The Balaban J connectivity index is 1.78. The average molecular weight is 470 g/mol. The van der Waals surface area contributed by atoms with Gasteiger partial charge in [0.05, 0.1) is 23.4 Å². The fourth-order valence-corrected chi connectivity index (χ4v) is 4.69. The number of hydrogen-bond acceptors (Lipinski definition) is 5. The Hall–Kier alpha value is -2.97. The van der Waals surface area contributed by atoms with Crippen molar-refractivity contribution >= 4 is 33.8 Å². The van der Waals surface area contributed by atoms with E-state index in [4.69, 9.17) is 11.6 Å². The first kappa shape index (κ1) is 22.2. The van der Waals surface area contributed by atoms with Crippen LogP contribution in [-0.2, 0) is 11.2 Å². The van der Waals surface area contributed by atoms with Crippen molar-refractivity contribution in [3.63, 3.8) is 0 Å². The van der Waals surface area contributed by atoms with Gasteiger partial charge in [-0.2, -0.15) is 5.10 Å². The first-order valence-corrected chi connectivity index (χ1v) is 11.7. The summed E-state index contributed by atoms with van der Waals surface area (Å²) in [6.07, 6.45) is 0.958. The maximum absolute atomic E-state index is 13.5. The third kappa shape index (κ3) is 4.20. The number of benzene rings is 1. The number of carbonyl (C=O) groups is 1. The van der Waals surface area contributed by atoms with E-state index < -0.39 is 0 Å². The van der Waals surface area contributed by atoms with Crippen molar-refractivity contribution in [1.82, 2.24) is 24.5 Å². The number of halogens is 1. The second-order valence-electron chi connectivity index (χ2n) is 7.84. The second kappa shape index (κ2) is 8.88. The van der Waals surface area contributed by atoms with Gasteiger partial charge in [-0.1, -0.05) is 24.6 Å². The average Bonchev–Trinajstić information content (AvgIpc) is 3.31. The molecule has 1 aromatic carbocycles. The van der Waals surface area contributed by atoms with Crippen LogP contribution in [0.2, 0.25) is 5.02 Å². The van der Waals surface area contributed by atoms with Gasteiger partial charge in [-0.05, 0) is 51.5 Å². The summed E-state index contributed by atoms with van der Waals surface area (Å²) < 4.78 is 3.28. The van der Waals surface area contributed by atoms with Gasteiger partial charge >= 0.3 is 0 Å². The van der Waals surface area contributed by atoms with Crippen molar-refractivity contribution < 1.29 is 4.79 Å². The molecule has 3 heterocycles. The van der Waals surface area contributed by atoms with Crippen LogP contribution in [0.3, 0.4) is 0 Å². The Morgan fingerprint density at radius 2 is 2.06 bits per heavy atom. The molecule has 0 aliphatic heterocycles. The zero-order valence-electron chi connectivity index (χ0n) is 18.3. The van der Waals surface area contributed by atoms with E-state index in [1.165, 1.54) is 15.7 Å². The molecular formula is C23H24ClN5O2S. The third-order valence-corrected chi connectivity index (χ3v) is 6.49.